The maximum Gasteiger partial charge on any atom is 0.313 e. The Labute approximate surface area is 168 Å². The van der Waals surface area contributed by atoms with Crippen LogP contribution >= 0.6 is 15.9 Å². The molecule has 2 aliphatic heterocycles. The van der Waals surface area contributed by atoms with Gasteiger partial charge < -0.3 is 14.2 Å². The number of benzene rings is 1. The van der Waals surface area contributed by atoms with E-state index >= 15 is 0 Å². The summed E-state index contributed by atoms with van der Waals surface area (Å²) in [5, 5.41) is 0. The van der Waals surface area contributed by atoms with Gasteiger partial charge >= 0.3 is 5.97 Å². The summed E-state index contributed by atoms with van der Waals surface area (Å²) >= 11 is 3.63. The number of ether oxygens (including phenoxy) is 3. The fourth-order valence-corrected chi connectivity index (χ4v) is 5.05. The lowest BCUT2D eigenvalue weighted by Crippen LogP contribution is -2.38. The smallest absolute Gasteiger partial charge is 0.313 e. The third-order valence-electron chi connectivity index (χ3n) is 5.99. The Bertz CT molecular complexity index is 731. The van der Waals surface area contributed by atoms with Crippen LogP contribution in [-0.2, 0) is 20.7 Å². The number of carbonyl (C=O) groups is 1. The molecule has 0 aromatic heterocycles. The molecule has 1 aromatic carbocycles. The van der Waals surface area contributed by atoms with Crippen LogP contribution in [0.4, 0.5) is 0 Å². The largest absolute Gasteiger partial charge is 0.491 e. The van der Waals surface area contributed by atoms with Crippen molar-refractivity contribution >= 4 is 21.9 Å². The maximum atomic E-state index is 12.5. The van der Waals surface area contributed by atoms with Gasteiger partial charge in [-0.15, -0.1) is 0 Å². The molecule has 0 amide bonds. The van der Waals surface area contributed by atoms with Crippen LogP contribution < -0.4 is 4.74 Å². The van der Waals surface area contributed by atoms with Gasteiger partial charge in [-0.1, -0.05) is 18.2 Å². The van der Waals surface area contributed by atoms with Crippen LogP contribution in [0.2, 0.25) is 0 Å². The first-order chi connectivity index (χ1) is 13.1. The second-order valence-corrected chi connectivity index (χ2v) is 8.68. The zero-order valence-corrected chi connectivity index (χ0v) is 17.1. The predicted molar refractivity (Wildman–Crippen MR) is 106 cm³/mol. The molecule has 6 heteroatoms. The molecule has 5 nitrogen and oxygen atoms in total. The van der Waals surface area contributed by atoms with Crippen molar-refractivity contribution in [1.82, 2.24) is 4.90 Å². The topological polar surface area (TPSA) is 48.0 Å². The molecule has 0 bridgehead atoms. The second-order valence-electron chi connectivity index (χ2n) is 7.83. The van der Waals surface area contributed by atoms with E-state index in [4.69, 9.17) is 14.2 Å². The number of carbonyl (C=O) groups excluding carboxylic acids is 1. The Kier molecular flexibility index (Phi) is 5.58. The van der Waals surface area contributed by atoms with Crippen molar-refractivity contribution in [2.24, 2.45) is 11.3 Å². The van der Waals surface area contributed by atoms with Gasteiger partial charge in [-0.3, -0.25) is 9.69 Å². The minimum atomic E-state index is -0.421. The predicted octanol–water partition coefficient (Wildman–Crippen LogP) is 3.21. The third kappa shape index (κ3) is 3.93. The summed E-state index contributed by atoms with van der Waals surface area (Å²) in [7, 11) is 0. The Morgan fingerprint density at radius 1 is 1.33 bits per heavy atom. The normalized spacial score (nSPS) is 28.3. The molecule has 2 unspecified atom stereocenters. The first-order valence-electron chi connectivity index (χ1n) is 9.62. The van der Waals surface area contributed by atoms with Crippen molar-refractivity contribution in [3.05, 3.63) is 40.4 Å². The van der Waals surface area contributed by atoms with E-state index in [1.807, 2.05) is 6.07 Å². The van der Waals surface area contributed by atoms with Crippen LogP contribution in [-0.4, -0.2) is 56.9 Å². The summed E-state index contributed by atoms with van der Waals surface area (Å²) in [5.41, 5.74) is 1.87. The SMILES string of the molecule is C=C1CC2COC(=O)C2(Cc2ccc(OCCN3CCOCC3)c(Br)c2)C1. The fraction of sp³-hybridized carbons (Fsp3) is 0.571. The molecule has 146 valence electrons. The molecule has 4 rings (SSSR count). The zero-order chi connectivity index (χ0) is 18.9. The van der Waals surface area contributed by atoms with E-state index in [1.54, 1.807) is 0 Å². The van der Waals surface area contributed by atoms with Gasteiger partial charge in [0.15, 0.2) is 0 Å². The number of esters is 1. The molecule has 2 atom stereocenters. The summed E-state index contributed by atoms with van der Waals surface area (Å²) in [6.07, 6.45) is 2.34. The number of cyclic esters (lactones) is 1. The Hall–Kier alpha value is -1.37. The van der Waals surface area contributed by atoms with Crippen LogP contribution in [0.15, 0.2) is 34.8 Å². The minimum Gasteiger partial charge on any atom is -0.491 e. The lowest BCUT2D eigenvalue weighted by atomic mass is 9.75. The minimum absolute atomic E-state index is 0.0619. The van der Waals surface area contributed by atoms with E-state index in [2.05, 4.69) is 39.5 Å². The van der Waals surface area contributed by atoms with Gasteiger partial charge in [-0.05, 0) is 52.9 Å². The molecule has 1 saturated carbocycles. The molecule has 3 fully saturated rings. The van der Waals surface area contributed by atoms with Crippen molar-refractivity contribution in [2.45, 2.75) is 19.3 Å². The van der Waals surface area contributed by atoms with E-state index in [0.29, 0.717) is 19.6 Å². The van der Waals surface area contributed by atoms with E-state index < -0.39 is 5.41 Å². The van der Waals surface area contributed by atoms with Gasteiger partial charge in [-0.2, -0.15) is 0 Å². The Morgan fingerprint density at radius 2 is 2.15 bits per heavy atom. The third-order valence-corrected chi connectivity index (χ3v) is 6.61. The lowest BCUT2D eigenvalue weighted by molar-refractivity contribution is -0.146. The number of hydrogen-bond acceptors (Lipinski definition) is 5. The highest BCUT2D eigenvalue weighted by Crippen LogP contribution is 2.52. The summed E-state index contributed by atoms with van der Waals surface area (Å²) in [4.78, 5) is 14.8. The average molecular weight is 436 g/mol. The van der Waals surface area contributed by atoms with E-state index in [-0.39, 0.29) is 11.9 Å². The summed E-state index contributed by atoms with van der Waals surface area (Å²) in [5.74, 6) is 1.04. The number of rotatable bonds is 6. The number of allylic oxidation sites excluding steroid dienone is 1. The first-order valence-corrected chi connectivity index (χ1v) is 10.4. The molecular formula is C21H26BrNO4. The molecule has 0 radical (unpaired) electrons. The van der Waals surface area contributed by atoms with E-state index in [0.717, 1.165) is 61.5 Å². The van der Waals surface area contributed by atoms with Gasteiger partial charge in [0.2, 0.25) is 0 Å². The highest BCUT2D eigenvalue weighted by atomic mass is 79.9. The number of hydrogen-bond donors (Lipinski definition) is 0. The number of morpholine rings is 1. The molecule has 3 aliphatic rings. The lowest BCUT2D eigenvalue weighted by Gasteiger charge is -2.26. The summed E-state index contributed by atoms with van der Waals surface area (Å²) in [6, 6.07) is 6.13. The number of fused-ring (bicyclic) bond motifs is 1. The maximum absolute atomic E-state index is 12.5. The van der Waals surface area contributed by atoms with Crippen LogP contribution in [0.3, 0.4) is 0 Å². The molecule has 2 heterocycles. The Morgan fingerprint density at radius 3 is 2.93 bits per heavy atom. The summed E-state index contributed by atoms with van der Waals surface area (Å²) in [6.45, 7) is 9.73. The second kappa shape index (κ2) is 7.94. The molecular weight excluding hydrogens is 410 g/mol. The van der Waals surface area contributed by atoms with Crippen LogP contribution in [0.25, 0.3) is 0 Å². The Balaban J connectivity index is 1.38. The van der Waals surface area contributed by atoms with Gasteiger partial charge in [0.25, 0.3) is 0 Å². The fourth-order valence-electron chi connectivity index (χ4n) is 4.51. The van der Waals surface area contributed by atoms with E-state index in [1.165, 1.54) is 5.57 Å². The van der Waals surface area contributed by atoms with Crippen LogP contribution in [0.5, 0.6) is 5.75 Å². The molecule has 0 spiro atoms. The molecule has 2 saturated heterocycles. The number of nitrogens with zero attached hydrogens (tertiary/aromatic N) is 1. The standard InChI is InChI=1S/C21H26BrNO4/c1-15-10-17-14-27-20(24)21(17,12-15)13-16-2-3-19(18(22)11-16)26-9-6-23-4-7-25-8-5-23/h2-3,11,17H,1,4-10,12-14H2. The van der Waals surface area contributed by atoms with Crippen molar-refractivity contribution < 1.29 is 19.0 Å². The average Bonchev–Trinajstić information content (AvgIpc) is 3.12. The molecule has 27 heavy (non-hydrogen) atoms. The van der Waals surface area contributed by atoms with Crippen molar-refractivity contribution in [2.75, 3.05) is 46.1 Å². The van der Waals surface area contributed by atoms with Gasteiger partial charge in [-0.25, -0.2) is 0 Å². The summed E-state index contributed by atoms with van der Waals surface area (Å²) < 4.78 is 17.6. The van der Waals surface area contributed by atoms with Crippen molar-refractivity contribution in [1.29, 1.82) is 0 Å². The van der Waals surface area contributed by atoms with Gasteiger partial charge in [0.1, 0.15) is 12.4 Å². The van der Waals surface area contributed by atoms with Crippen LogP contribution in [0, 0.1) is 11.3 Å². The highest BCUT2D eigenvalue weighted by Gasteiger charge is 2.55. The molecule has 0 N–H and O–H groups in total. The molecule has 1 aliphatic carbocycles. The van der Waals surface area contributed by atoms with Crippen LogP contribution in [0.1, 0.15) is 18.4 Å². The highest BCUT2D eigenvalue weighted by molar-refractivity contribution is 9.10. The first kappa shape index (κ1) is 19.0. The quantitative estimate of drug-likeness (QED) is 0.507. The van der Waals surface area contributed by atoms with Gasteiger partial charge in [0.05, 0.1) is 29.7 Å². The monoisotopic (exact) mass is 435 g/mol. The number of halogens is 1. The van der Waals surface area contributed by atoms with Crippen molar-refractivity contribution in [3.63, 3.8) is 0 Å². The van der Waals surface area contributed by atoms with Crippen molar-refractivity contribution in [3.8, 4) is 5.75 Å². The zero-order valence-electron chi connectivity index (χ0n) is 15.5. The molecule has 1 aromatic rings. The van der Waals surface area contributed by atoms with Gasteiger partial charge in [0, 0.05) is 25.6 Å². The van der Waals surface area contributed by atoms with E-state index in [9.17, 15) is 4.79 Å².